The third kappa shape index (κ3) is 2.85. The molecule has 1 fully saturated rings. The van der Waals surface area contributed by atoms with Gasteiger partial charge in [0.15, 0.2) is 0 Å². The molecule has 0 aliphatic carbocycles. The fraction of sp³-hybridized carbons (Fsp3) is 0.667. The Morgan fingerprint density at radius 2 is 2.24 bits per heavy atom. The van der Waals surface area contributed by atoms with Gasteiger partial charge in [0.25, 0.3) is 0 Å². The van der Waals surface area contributed by atoms with Crippen LogP contribution in [0.25, 0.3) is 0 Å². The Kier molecular flexibility index (Phi) is 3.78. The van der Waals surface area contributed by atoms with E-state index in [4.69, 9.17) is 5.11 Å². The Bertz CT molecular complexity index is 383. The Morgan fingerprint density at radius 1 is 1.53 bits per heavy atom. The molecule has 1 atom stereocenters. The molecule has 0 bridgehead atoms. The number of likely N-dealkylation sites (tertiary alicyclic amines) is 1. The van der Waals surface area contributed by atoms with Crippen molar-refractivity contribution in [3.63, 3.8) is 0 Å². The van der Waals surface area contributed by atoms with E-state index in [1.54, 1.807) is 6.20 Å². The second-order valence-electron chi connectivity index (χ2n) is 4.49. The van der Waals surface area contributed by atoms with Crippen molar-refractivity contribution < 1.29 is 9.90 Å². The number of hydrogen-bond acceptors (Lipinski definition) is 3. The van der Waals surface area contributed by atoms with E-state index in [-0.39, 0.29) is 12.5 Å². The van der Waals surface area contributed by atoms with Crippen molar-refractivity contribution in [3.05, 3.63) is 18.0 Å². The minimum atomic E-state index is -0.744. The first-order valence-electron chi connectivity index (χ1n) is 6.19. The summed E-state index contributed by atoms with van der Waals surface area (Å²) in [6, 6.07) is -0.0182. The van der Waals surface area contributed by atoms with Gasteiger partial charge in [0, 0.05) is 24.3 Å². The first-order chi connectivity index (χ1) is 8.20. The maximum absolute atomic E-state index is 11.0. The number of rotatable bonds is 5. The summed E-state index contributed by atoms with van der Waals surface area (Å²) in [4.78, 5) is 13.2. The highest BCUT2D eigenvalue weighted by Crippen LogP contribution is 2.27. The standard InChI is InChI=1S/C12H19N3O2/c1-2-15-9-10(8-13-15)11(7-12(16)17)14-5-3-4-6-14/h8-9,11H,2-7H2,1H3,(H,16,17). The molecule has 5 nitrogen and oxygen atoms in total. The van der Waals surface area contributed by atoms with E-state index >= 15 is 0 Å². The highest BCUT2D eigenvalue weighted by molar-refractivity contribution is 5.67. The second-order valence-corrected chi connectivity index (χ2v) is 4.49. The first-order valence-corrected chi connectivity index (χ1v) is 6.19. The number of aromatic nitrogens is 2. The zero-order valence-corrected chi connectivity index (χ0v) is 10.2. The molecule has 2 heterocycles. The van der Waals surface area contributed by atoms with Gasteiger partial charge in [0.1, 0.15) is 0 Å². The van der Waals surface area contributed by atoms with Crippen LogP contribution in [-0.4, -0.2) is 38.8 Å². The maximum atomic E-state index is 11.0. The van der Waals surface area contributed by atoms with Gasteiger partial charge in [0.2, 0.25) is 0 Å². The van der Waals surface area contributed by atoms with Crippen LogP contribution in [0.5, 0.6) is 0 Å². The van der Waals surface area contributed by atoms with E-state index < -0.39 is 5.97 Å². The molecule has 1 N–H and O–H groups in total. The van der Waals surface area contributed by atoms with E-state index in [2.05, 4.69) is 10.00 Å². The van der Waals surface area contributed by atoms with Crippen molar-refractivity contribution in [1.82, 2.24) is 14.7 Å². The van der Waals surface area contributed by atoms with Crippen molar-refractivity contribution in [1.29, 1.82) is 0 Å². The molecular formula is C12H19N3O2. The molecule has 0 spiro atoms. The average molecular weight is 237 g/mol. The average Bonchev–Trinajstić information content (AvgIpc) is 2.97. The van der Waals surface area contributed by atoms with Gasteiger partial charge in [-0.25, -0.2) is 0 Å². The van der Waals surface area contributed by atoms with Crippen LogP contribution in [0.1, 0.15) is 37.8 Å². The lowest BCUT2D eigenvalue weighted by Crippen LogP contribution is -2.27. The van der Waals surface area contributed by atoms with Crippen molar-refractivity contribution >= 4 is 5.97 Å². The molecule has 17 heavy (non-hydrogen) atoms. The molecule has 1 saturated heterocycles. The van der Waals surface area contributed by atoms with E-state index in [1.807, 2.05) is 17.8 Å². The monoisotopic (exact) mass is 237 g/mol. The molecule has 1 aromatic heterocycles. The van der Waals surface area contributed by atoms with Crippen molar-refractivity contribution in [3.8, 4) is 0 Å². The molecule has 2 rings (SSSR count). The van der Waals surface area contributed by atoms with Gasteiger partial charge in [-0.05, 0) is 32.9 Å². The molecule has 5 heteroatoms. The SMILES string of the molecule is CCn1cc(C(CC(=O)O)N2CCCC2)cn1. The molecule has 0 radical (unpaired) electrons. The third-order valence-electron chi connectivity index (χ3n) is 3.31. The van der Waals surface area contributed by atoms with Gasteiger partial charge < -0.3 is 5.11 Å². The molecule has 0 saturated carbocycles. The van der Waals surface area contributed by atoms with Crippen LogP contribution >= 0.6 is 0 Å². The van der Waals surface area contributed by atoms with Crippen LogP contribution in [0.15, 0.2) is 12.4 Å². The fourth-order valence-corrected chi connectivity index (χ4v) is 2.40. The van der Waals surface area contributed by atoms with Gasteiger partial charge in [-0.2, -0.15) is 5.10 Å². The zero-order chi connectivity index (χ0) is 12.3. The van der Waals surface area contributed by atoms with Gasteiger partial charge in [-0.1, -0.05) is 0 Å². The molecule has 0 aromatic carbocycles. The van der Waals surface area contributed by atoms with Crippen molar-refractivity contribution in [2.45, 2.75) is 38.8 Å². The normalized spacial score (nSPS) is 18.4. The van der Waals surface area contributed by atoms with Gasteiger partial charge in [0.05, 0.1) is 12.6 Å². The number of aliphatic carboxylic acids is 1. The van der Waals surface area contributed by atoms with Gasteiger partial charge in [-0.3, -0.25) is 14.4 Å². The predicted octanol–water partition coefficient (Wildman–Crippen LogP) is 1.51. The lowest BCUT2D eigenvalue weighted by atomic mass is 10.1. The lowest BCUT2D eigenvalue weighted by Gasteiger charge is -2.25. The molecular weight excluding hydrogens is 218 g/mol. The molecule has 94 valence electrons. The van der Waals surface area contributed by atoms with Crippen LogP contribution in [0, 0.1) is 0 Å². The molecule has 1 aromatic rings. The summed E-state index contributed by atoms with van der Waals surface area (Å²) in [6.45, 7) is 4.84. The predicted molar refractivity (Wildman–Crippen MR) is 63.7 cm³/mol. The lowest BCUT2D eigenvalue weighted by molar-refractivity contribution is -0.138. The molecule has 0 amide bonds. The van der Waals surface area contributed by atoms with E-state index in [0.29, 0.717) is 0 Å². The number of hydrogen-bond donors (Lipinski definition) is 1. The quantitative estimate of drug-likeness (QED) is 0.843. The van der Waals surface area contributed by atoms with E-state index in [1.165, 1.54) is 0 Å². The smallest absolute Gasteiger partial charge is 0.305 e. The molecule has 1 aliphatic rings. The van der Waals surface area contributed by atoms with Crippen molar-refractivity contribution in [2.24, 2.45) is 0 Å². The summed E-state index contributed by atoms with van der Waals surface area (Å²) < 4.78 is 1.85. The number of aryl methyl sites for hydroxylation is 1. The summed E-state index contributed by atoms with van der Waals surface area (Å²) in [5, 5.41) is 13.2. The summed E-state index contributed by atoms with van der Waals surface area (Å²) in [5.74, 6) is -0.744. The Morgan fingerprint density at radius 3 is 2.76 bits per heavy atom. The maximum Gasteiger partial charge on any atom is 0.305 e. The number of carbonyl (C=O) groups is 1. The molecule has 1 aliphatic heterocycles. The highest BCUT2D eigenvalue weighted by Gasteiger charge is 2.26. The summed E-state index contributed by atoms with van der Waals surface area (Å²) in [5.41, 5.74) is 1.02. The van der Waals surface area contributed by atoms with Crippen LogP contribution in [0.2, 0.25) is 0 Å². The van der Waals surface area contributed by atoms with Crippen LogP contribution < -0.4 is 0 Å². The topological polar surface area (TPSA) is 58.4 Å². The zero-order valence-electron chi connectivity index (χ0n) is 10.2. The first kappa shape index (κ1) is 12.1. The van der Waals surface area contributed by atoms with Crippen molar-refractivity contribution in [2.75, 3.05) is 13.1 Å². The molecule has 1 unspecified atom stereocenters. The number of nitrogens with zero attached hydrogens (tertiary/aromatic N) is 3. The fourth-order valence-electron chi connectivity index (χ4n) is 2.40. The Labute approximate surface area is 101 Å². The van der Waals surface area contributed by atoms with Gasteiger partial charge in [-0.15, -0.1) is 0 Å². The Hall–Kier alpha value is -1.36. The summed E-state index contributed by atoms with van der Waals surface area (Å²) >= 11 is 0. The Balaban J connectivity index is 2.15. The van der Waals surface area contributed by atoms with Crippen LogP contribution in [-0.2, 0) is 11.3 Å². The summed E-state index contributed by atoms with van der Waals surface area (Å²) in [6.07, 6.45) is 6.26. The third-order valence-corrected chi connectivity index (χ3v) is 3.31. The minimum Gasteiger partial charge on any atom is -0.481 e. The second kappa shape index (κ2) is 5.31. The highest BCUT2D eigenvalue weighted by atomic mass is 16.4. The summed E-state index contributed by atoms with van der Waals surface area (Å²) in [7, 11) is 0. The van der Waals surface area contributed by atoms with E-state index in [9.17, 15) is 4.79 Å². The van der Waals surface area contributed by atoms with Crippen LogP contribution in [0.3, 0.4) is 0 Å². The number of carboxylic acid groups (broad SMARTS) is 1. The largest absolute Gasteiger partial charge is 0.481 e. The van der Waals surface area contributed by atoms with E-state index in [0.717, 1.165) is 38.0 Å². The number of carboxylic acids is 1. The van der Waals surface area contributed by atoms with Crippen LogP contribution in [0.4, 0.5) is 0 Å². The van der Waals surface area contributed by atoms with Gasteiger partial charge >= 0.3 is 5.97 Å². The minimum absolute atomic E-state index is 0.0182.